The fraction of sp³-hybridized carbons (Fsp3) is 0.667. The molecule has 1 N–H and O–H groups in total. The Morgan fingerprint density at radius 2 is 2.16 bits per heavy atom. The first-order chi connectivity index (χ1) is 9.28. The molecule has 0 aromatic carbocycles. The van der Waals surface area contributed by atoms with Crippen molar-refractivity contribution < 1.29 is 0 Å². The standard InChI is InChI=1S/C15H22ClN3/c1-2-7-19(13-5-6-13)15-14(16)8-11(10-18-15)9-17-12-3-4-12/h8,10,12-13,17H,2-7,9H2,1H3. The lowest BCUT2D eigenvalue weighted by Gasteiger charge is -2.24. The molecule has 0 spiro atoms. The molecule has 2 fully saturated rings. The van der Waals surface area contributed by atoms with Crippen molar-refractivity contribution >= 4 is 17.4 Å². The SMILES string of the molecule is CCCN(c1ncc(CNC2CC2)cc1Cl)C1CC1. The smallest absolute Gasteiger partial charge is 0.147 e. The van der Waals surface area contributed by atoms with Crippen molar-refractivity contribution in [1.29, 1.82) is 0 Å². The minimum atomic E-state index is 0.667. The van der Waals surface area contributed by atoms with Crippen LogP contribution < -0.4 is 10.2 Å². The van der Waals surface area contributed by atoms with E-state index in [0.717, 1.165) is 36.4 Å². The average molecular weight is 280 g/mol. The number of rotatable bonds is 7. The van der Waals surface area contributed by atoms with Crippen LogP contribution in [-0.4, -0.2) is 23.6 Å². The Balaban J connectivity index is 1.69. The number of nitrogens with zero attached hydrogens (tertiary/aromatic N) is 2. The quantitative estimate of drug-likeness (QED) is 0.829. The highest BCUT2D eigenvalue weighted by Crippen LogP contribution is 2.34. The Morgan fingerprint density at radius 3 is 2.74 bits per heavy atom. The average Bonchev–Trinajstić information content (AvgIpc) is 3.28. The normalized spacial score (nSPS) is 18.6. The zero-order chi connectivity index (χ0) is 13.2. The summed E-state index contributed by atoms with van der Waals surface area (Å²) in [4.78, 5) is 6.99. The van der Waals surface area contributed by atoms with Crippen LogP contribution in [0.5, 0.6) is 0 Å². The molecule has 0 amide bonds. The van der Waals surface area contributed by atoms with Crippen molar-refractivity contribution in [3.8, 4) is 0 Å². The first-order valence-corrected chi connectivity index (χ1v) is 7.80. The maximum atomic E-state index is 6.43. The molecule has 0 aliphatic heterocycles. The Bertz CT molecular complexity index is 441. The Kier molecular flexibility index (Phi) is 3.94. The van der Waals surface area contributed by atoms with Crippen LogP contribution in [0.1, 0.15) is 44.6 Å². The second-order valence-corrected chi connectivity index (χ2v) is 6.14. The van der Waals surface area contributed by atoms with Crippen molar-refractivity contribution in [3.05, 3.63) is 22.8 Å². The molecule has 0 bridgehead atoms. The van der Waals surface area contributed by atoms with Crippen LogP contribution in [0.25, 0.3) is 0 Å². The van der Waals surface area contributed by atoms with Crippen molar-refractivity contribution in [2.24, 2.45) is 0 Å². The highest BCUT2D eigenvalue weighted by molar-refractivity contribution is 6.33. The van der Waals surface area contributed by atoms with Crippen LogP contribution in [-0.2, 0) is 6.54 Å². The lowest BCUT2D eigenvalue weighted by molar-refractivity contribution is 0.684. The molecule has 2 aliphatic carbocycles. The summed E-state index contributed by atoms with van der Waals surface area (Å²) in [6.07, 6.45) is 8.30. The summed E-state index contributed by atoms with van der Waals surface area (Å²) in [7, 11) is 0. The number of pyridine rings is 1. The van der Waals surface area contributed by atoms with Crippen molar-refractivity contribution in [2.45, 2.75) is 57.7 Å². The molecule has 1 aromatic rings. The number of hydrogen-bond donors (Lipinski definition) is 1. The van der Waals surface area contributed by atoms with Gasteiger partial charge in [-0.3, -0.25) is 0 Å². The third-order valence-corrected chi connectivity index (χ3v) is 4.05. The molecule has 3 nitrogen and oxygen atoms in total. The third kappa shape index (κ3) is 3.40. The van der Waals surface area contributed by atoms with Gasteiger partial charge in [-0.2, -0.15) is 0 Å². The molecule has 2 aliphatic rings. The number of hydrogen-bond acceptors (Lipinski definition) is 3. The summed E-state index contributed by atoms with van der Waals surface area (Å²) < 4.78 is 0. The highest BCUT2D eigenvalue weighted by atomic mass is 35.5. The first-order valence-electron chi connectivity index (χ1n) is 7.42. The van der Waals surface area contributed by atoms with E-state index in [-0.39, 0.29) is 0 Å². The van der Waals surface area contributed by atoms with Crippen molar-refractivity contribution in [1.82, 2.24) is 10.3 Å². The maximum absolute atomic E-state index is 6.43. The summed E-state index contributed by atoms with van der Waals surface area (Å²) in [5.74, 6) is 0.973. The second kappa shape index (κ2) is 5.68. The monoisotopic (exact) mass is 279 g/mol. The highest BCUT2D eigenvalue weighted by Gasteiger charge is 2.30. The summed E-state index contributed by atoms with van der Waals surface area (Å²) in [5.41, 5.74) is 1.19. The zero-order valence-electron chi connectivity index (χ0n) is 11.5. The van der Waals surface area contributed by atoms with Gasteiger partial charge in [0.25, 0.3) is 0 Å². The second-order valence-electron chi connectivity index (χ2n) is 5.73. The van der Waals surface area contributed by atoms with E-state index in [9.17, 15) is 0 Å². The maximum Gasteiger partial charge on any atom is 0.147 e. The van der Waals surface area contributed by atoms with E-state index >= 15 is 0 Å². The minimum absolute atomic E-state index is 0.667. The topological polar surface area (TPSA) is 28.2 Å². The van der Waals surface area contributed by atoms with Crippen LogP contribution in [0.2, 0.25) is 5.02 Å². The van der Waals surface area contributed by atoms with Gasteiger partial charge in [0.1, 0.15) is 5.82 Å². The number of aromatic nitrogens is 1. The van der Waals surface area contributed by atoms with E-state index in [4.69, 9.17) is 11.6 Å². The van der Waals surface area contributed by atoms with E-state index in [0.29, 0.717) is 6.04 Å². The van der Waals surface area contributed by atoms with Gasteiger partial charge in [0.05, 0.1) is 5.02 Å². The molecule has 1 aromatic heterocycles. The first kappa shape index (κ1) is 13.2. The molecule has 0 saturated heterocycles. The van der Waals surface area contributed by atoms with E-state index in [1.165, 1.54) is 31.2 Å². The number of nitrogens with one attached hydrogen (secondary N) is 1. The molecule has 0 radical (unpaired) electrons. The molecule has 3 rings (SSSR count). The van der Waals surface area contributed by atoms with Crippen LogP contribution >= 0.6 is 11.6 Å². The van der Waals surface area contributed by atoms with Crippen LogP contribution in [0.3, 0.4) is 0 Å². The van der Waals surface area contributed by atoms with Gasteiger partial charge < -0.3 is 10.2 Å². The molecule has 0 unspecified atom stereocenters. The zero-order valence-corrected chi connectivity index (χ0v) is 12.3. The van der Waals surface area contributed by atoms with E-state index in [1.54, 1.807) is 0 Å². The van der Waals surface area contributed by atoms with Crippen molar-refractivity contribution in [3.63, 3.8) is 0 Å². The van der Waals surface area contributed by atoms with E-state index < -0.39 is 0 Å². The largest absolute Gasteiger partial charge is 0.352 e. The van der Waals surface area contributed by atoms with Crippen LogP contribution in [0.4, 0.5) is 5.82 Å². The van der Waals surface area contributed by atoms with Gasteiger partial charge in [0, 0.05) is 31.4 Å². The molecule has 4 heteroatoms. The Morgan fingerprint density at radius 1 is 1.37 bits per heavy atom. The lowest BCUT2D eigenvalue weighted by atomic mass is 10.2. The summed E-state index contributed by atoms with van der Waals surface area (Å²) in [5, 5.41) is 4.30. The number of halogens is 1. The van der Waals surface area contributed by atoms with E-state index in [2.05, 4.69) is 28.2 Å². The van der Waals surface area contributed by atoms with Gasteiger partial charge in [0.2, 0.25) is 0 Å². The molecule has 104 valence electrons. The summed E-state index contributed by atoms with van der Waals surface area (Å²) in [6.45, 7) is 4.14. The van der Waals surface area contributed by atoms with Crippen LogP contribution in [0.15, 0.2) is 12.3 Å². The number of anilines is 1. The summed E-state index contributed by atoms with van der Waals surface area (Å²) >= 11 is 6.43. The fourth-order valence-electron chi connectivity index (χ4n) is 2.42. The molecular weight excluding hydrogens is 258 g/mol. The van der Waals surface area contributed by atoms with Gasteiger partial charge >= 0.3 is 0 Å². The van der Waals surface area contributed by atoms with Gasteiger partial charge in [-0.05, 0) is 43.7 Å². The van der Waals surface area contributed by atoms with Gasteiger partial charge in [-0.1, -0.05) is 18.5 Å². The molecule has 1 heterocycles. The van der Waals surface area contributed by atoms with E-state index in [1.807, 2.05) is 6.20 Å². The van der Waals surface area contributed by atoms with Gasteiger partial charge in [-0.25, -0.2) is 4.98 Å². The molecular formula is C15H22ClN3. The predicted molar refractivity (Wildman–Crippen MR) is 79.8 cm³/mol. The molecule has 2 saturated carbocycles. The predicted octanol–water partition coefficient (Wildman–Crippen LogP) is 3.37. The van der Waals surface area contributed by atoms with Gasteiger partial charge in [0.15, 0.2) is 0 Å². The third-order valence-electron chi connectivity index (χ3n) is 3.77. The summed E-state index contributed by atoms with van der Waals surface area (Å²) in [6, 6.07) is 3.46. The lowest BCUT2D eigenvalue weighted by Crippen LogP contribution is -2.27. The van der Waals surface area contributed by atoms with Crippen molar-refractivity contribution in [2.75, 3.05) is 11.4 Å². The molecule has 0 atom stereocenters. The molecule has 19 heavy (non-hydrogen) atoms. The fourth-order valence-corrected chi connectivity index (χ4v) is 2.71. The van der Waals surface area contributed by atoms with Gasteiger partial charge in [-0.15, -0.1) is 0 Å². The van der Waals surface area contributed by atoms with Crippen LogP contribution in [0, 0.1) is 0 Å². The minimum Gasteiger partial charge on any atom is -0.352 e. The Labute approximate surface area is 120 Å². The Hall–Kier alpha value is -0.800.